The lowest BCUT2D eigenvalue weighted by atomic mass is 9.77. The normalized spacial score (nSPS) is 24.8. The molecule has 9 nitrogen and oxygen atoms in total. The smallest absolute Gasteiger partial charge is 0.354 e. The van der Waals surface area contributed by atoms with Gasteiger partial charge in [0, 0.05) is 34.2 Å². The van der Waals surface area contributed by atoms with Gasteiger partial charge in [0.05, 0.1) is 30.2 Å². The highest BCUT2D eigenvalue weighted by Crippen LogP contribution is 2.47. The second kappa shape index (κ2) is 6.71. The van der Waals surface area contributed by atoms with Crippen molar-refractivity contribution in [1.82, 2.24) is 9.55 Å². The standard InChI is InChI=1S/C22H20N2O7/c1-9-18-12(14(21(28)30-2)8-31-22(18)29)6-15-19-13(7-16(23-15)20(26)27)11-5-10(25)3-4-17(11)24(9)19/h3-5,7-9,12,18,22,25,29H,6H2,1-2H3,(H,26,27)/t9-,12-,18-,22+/m1/s1. The number of benzene rings is 1. The third-order valence-electron chi connectivity index (χ3n) is 6.38. The third kappa shape index (κ3) is 2.70. The maximum Gasteiger partial charge on any atom is 0.354 e. The molecule has 0 fully saturated rings. The molecule has 1 aromatic carbocycles. The minimum Gasteiger partial charge on any atom is -0.508 e. The summed E-state index contributed by atoms with van der Waals surface area (Å²) in [5.74, 6) is -2.70. The van der Waals surface area contributed by atoms with Gasteiger partial charge in [0.2, 0.25) is 6.29 Å². The number of rotatable bonds is 2. The van der Waals surface area contributed by atoms with Crippen LogP contribution < -0.4 is 0 Å². The van der Waals surface area contributed by atoms with Crippen molar-refractivity contribution in [3.8, 4) is 5.75 Å². The van der Waals surface area contributed by atoms with E-state index in [9.17, 15) is 24.9 Å². The van der Waals surface area contributed by atoms with Crippen molar-refractivity contribution in [2.45, 2.75) is 25.7 Å². The second-order valence-electron chi connectivity index (χ2n) is 7.95. The Morgan fingerprint density at radius 1 is 1.26 bits per heavy atom. The lowest BCUT2D eigenvalue weighted by Gasteiger charge is -2.37. The van der Waals surface area contributed by atoms with Crippen molar-refractivity contribution in [3.05, 3.63) is 47.5 Å². The molecule has 0 radical (unpaired) electrons. The number of nitrogens with zero attached hydrogens (tertiary/aromatic N) is 2. The Bertz CT molecular complexity index is 1290. The minimum absolute atomic E-state index is 0.0568. The van der Waals surface area contributed by atoms with Crippen LogP contribution in [0.1, 0.15) is 29.1 Å². The number of fused-ring (bicyclic) bond motifs is 4. The van der Waals surface area contributed by atoms with Crippen molar-refractivity contribution in [1.29, 1.82) is 0 Å². The number of phenolic OH excluding ortho intramolecular Hbond substituents is 1. The Balaban J connectivity index is 1.86. The van der Waals surface area contributed by atoms with E-state index in [0.717, 1.165) is 5.52 Å². The monoisotopic (exact) mass is 424 g/mol. The van der Waals surface area contributed by atoms with Gasteiger partial charge in [-0.05, 0) is 37.6 Å². The number of methoxy groups -OCH3 is 1. The maximum atomic E-state index is 12.4. The first-order valence-corrected chi connectivity index (χ1v) is 9.83. The number of pyridine rings is 1. The van der Waals surface area contributed by atoms with E-state index in [1.165, 1.54) is 19.4 Å². The van der Waals surface area contributed by atoms with Gasteiger partial charge in [-0.3, -0.25) is 0 Å². The third-order valence-corrected chi connectivity index (χ3v) is 6.38. The van der Waals surface area contributed by atoms with E-state index in [0.29, 0.717) is 22.0 Å². The molecule has 0 saturated heterocycles. The molecule has 9 heteroatoms. The molecule has 3 N–H and O–H groups in total. The number of carboxylic acid groups (broad SMARTS) is 1. The van der Waals surface area contributed by atoms with E-state index >= 15 is 0 Å². The van der Waals surface area contributed by atoms with E-state index in [4.69, 9.17) is 9.47 Å². The van der Waals surface area contributed by atoms with Crippen LogP contribution in [0.3, 0.4) is 0 Å². The van der Waals surface area contributed by atoms with Gasteiger partial charge in [0.25, 0.3) is 0 Å². The number of aliphatic hydroxyl groups is 1. The number of phenols is 1. The Hall–Kier alpha value is -3.59. The lowest BCUT2D eigenvalue weighted by Crippen LogP contribution is -2.40. The van der Waals surface area contributed by atoms with Crippen molar-refractivity contribution >= 4 is 33.7 Å². The number of aromatic hydroxyl groups is 1. The molecule has 0 saturated carbocycles. The number of aromatic carboxylic acids is 1. The summed E-state index contributed by atoms with van der Waals surface area (Å²) in [6.07, 6.45) is 0.265. The van der Waals surface area contributed by atoms with Crippen LogP contribution in [0.4, 0.5) is 0 Å². The number of carbonyl (C=O) groups excluding carboxylic acids is 1. The predicted octanol–water partition coefficient (Wildman–Crippen LogP) is 2.35. The van der Waals surface area contributed by atoms with Crippen molar-refractivity contribution in [3.63, 3.8) is 0 Å². The number of ether oxygens (including phenoxy) is 2. The van der Waals surface area contributed by atoms with Crippen LogP contribution in [0, 0.1) is 11.8 Å². The van der Waals surface area contributed by atoms with E-state index in [2.05, 4.69) is 4.98 Å². The topological polar surface area (TPSA) is 131 Å². The Morgan fingerprint density at radius 3 is 2.74 bits per heavy atom. The number of aliphatic hydroxyl groups excluding tert-OH is 1. The van der Waals surface area contributed by atoms with E-state index in [1.807, 2.05) is 11.5 Å². The zero-order chi connectivity index (χ0) is 22.0. The number of carbonyl (C=O) groups is 2. The SMILES string of the molecule is COC(=O)C1=CO[C@H](O)[C@H]2[C@@H]1Cc1nc(C(=O)O)cc3c4cc(O)ccc4n(c13)[C@@H]2C. The first kappa shape index (κ1) is 19.4. The number of aromatic nitrogens is 2. The number of carboxylic acids is 1. The number of hydrogen-bond donors (Lipinski definition) is 3. The highest BCUT2D eigenvalue weighted by Gasteiger charge is 2.45. The molecular formula is C22H20N2O7. The molecule has 2 aliphatic heterocycles. The van der Waals surface area contributed by atoms with Gasteiger partial charge in [-0.1, -0.05) is 0 Å². The first-order chi connectivity index (χ1) is 14.8. The number of hydrogen-bond acceptors (Lipinski definition) is 7. The number of esters is 1. The molecule has 4 heterocycles. The Morgan fingerprint density at radius 2 is 2.03 bits per heavy atom. The highest BCUT2D eigenvalue weighted by atomic mass is 16.6. The molecule has 2 aromatic heterocycles. The predicted molar refractivity (Wildman–Crippen MR) is 108 cm³/mol. The van der Waals surface area contributed by atoms with Gasteiger partial charge < -0.3 is 29.4 Å². The molecule has 160 valence electrons. The molecular weight excluding hydrogens is 404 g/mol. The molecule has 0 bridgehead atoms. The fourth-order valence-corrected chi connectivity index (χ4v) is 5.06. The largest absolute Gasteiger partial charge is 0.508 e. The summed E-state index contributed by atoms with van der Waals surface area (Å²) in [4.78, 5) is 28.6. The van der Waals surface area contributed by atoms with Crippen LogP contribution in [0.15, 0.2) is 36.1 Å². The molecule has 0 amide bonds. The van der Waals surface area contributed by atoms with Crippen LogP contribution in [-0.4, -0.2) is 50.2 Å². The van der Waals surface area contributed by atoms with E-state index in [1.54, 1.807) is 18.2 Å². The van der Waals surface area contributed by atoms with Crippen LogP contribution in [0.25, 0.3) is 21.8 Å². The fraction of sp³-hybridized carbons (Fsp3) is 0.318. The van der Waals surface area contributed by atoms with Crippen molar-refractivity contribution < 1.29 is 34.4 Å². The van der Waals surface area contributed by atoms with Crippen LogP contribution >= 0.6 is 0 Å². The van der Waals surface area contributed by atoms with Crippen molar-refractivity contribution in [2.75, 3.05) is 7.11 Å². The van der Waals surface area contributed by atoms with Crippen LogP contribution in [0.2, 0.25) is 0 Å². The molecule has 31 heavy (non-hydrogen) atoms. The van der Waals surface area contributed by atoms with E-state index in [-0.39, 0.29) is 29.5 Å². The molecule has 2 aliphatic rings. The van der Waals surface area contributed by atoms with Gasteiger partial charge in [0.1, 0.15) is 11.4 Å². The van der Waals surface area contributed by atoms with Gasteiger partial charge >= 0.3 is 11.9 Å². The summed E-state index contributed by atoms with van der Waals surface area (Å²) in [7, 11) is 1.27. The highest BCUT2D eigenvalue weighted by molar-refractivity contribution is 6.11. The van der Waals surface area contributed by atoms with Gasteiger partial charge in [-0.2, -0.15) is 0 Å². The van der Waals surface area contributed by atoms with E-state index < -0.39 is 30.1 Å². The first-order valence-electron chi connectivity index (χ1n) is 9.83. The molecule has 0 aliphatic carbocycles. The van der Waals surface area contributed by atoms with Crippen LogP contribution in [0.5, 0.6) is 5.75 Å². The molecule has 0 unspecified atom stereocenters. The van der Waals surface area contributed by atoms with Gasteiger partial charge in [-0.15, -0.1) is 0 Å². The summed E-state index contributed by atoms with van der Waals surface area (Å²) in [6, 6.07) is 6.04. The lowest BCUT2D eigenvalue weighted by molar-refractivity contribution is -0.147. The fourth-order valence-electron chi connectivity index (χ4n) is 5.06. The second-order valence-corrected chi connectivity index (χ2v) is 7.95. The zero-order valence-electron chi connectivity index (χ0n) is 16.8. The summed E-state index contributed by atoms with van der Waals surface area (Å²) in [5.41, 5.74) is 2.10. The average Bonchev–Trinajstić information content (AvgIpc) is 2.99. The molecule has 4 atom stereocenters. The summed E-state index contributed by atoms with van der Waals surface area (Å²) < 4.78 is 12.3. The Labute approximate surface area is 176 Å². The minimum atomic E-state index is -1.18. The summed E-state index contributed by atoms with van der Waals surface area (Å²) in [5, 5.41) is 31.7. The quantitative estimate of drug-likeness (QED) is 0.534. The van der Waals surface area contributed by atoms with Crippen LogP contribution in [-0.2, 0) is 20.7 Å². The molecule has 3 aromatic rings. The average molecular weight is 424 g/mol. The summed E-state index contributed by atoms with van der Waals surface area (Å²) >= 11 is 0. The van der Waals surface area contributed by atoms with Gasteiger partial charge in [0.15, 0.2) is 0 Å². The molecule has 0 spiro atoms. The maximum absolute atomic E-state index is 12.4. The van der Waals surface area contributed by atoms with Gasteiger partial charge in [-0.25, -0.2) is 14.6 Å². The van der Waals surface area contributed by atoms with Crippen molar-refractivity contribution in [2.24, 2.45) is 11.8 Å². The Kier molecular flexibility index (Phi) is 4.19. The zero-order valence-corrected chi connectivity index (χ0v) is 16.8. The summed E-state index contributed by atoms with van der Waals surface area (Å²) in [6.45, 7) is 1.91. The molecule has 5 rings (SSSR count).